The Morgan fingerprint density at radius 3 is 2.73 bits per heavy atom. The molecule has 4 nitrogen and oxygen atoms in total. The molecule has 122 valence electrons. The third-order valence-electron chi connectivity index (χ3n) is 4.46. The summed E-state index contributed by atoms with van der Waals surface area (Å²) in [5.41, 5.74) is 7.14. The Morgan fingerprint density at radius 1 is 1.36 bits per heavy atom. The van der Waals surface area contributed by atoms with Crippen LogP contribution < -0.4 is 5.73 Å². The topological polar surface area (TPSA) is 49.6 Å². The molecular formula is C18H29N3O. The van der Waals surface area contributed by atoms with Crippen molar-refractivity contribution in [1.29, 1.82) is 0 Å². The highest BCUT2D eigenvalue weighted by Gasteiger charge is 2.29. The molecular weight excluding hydrogens is 274 g/mol. The molecule has 4 heteroatoms. The maximum Gasteiger partial charge on any atom is 0.239 e. The van der Waals surface area contributed by atoms with Crippen LogP contribution in [-0.4, -0.2) is 47.4 Å². The van der Waals surface area contributed by atoms with E-state index in [0.717, 1.165) is 39.0 Å². The Hall–Kier alpha value is -1.39. The third-order valence-corrected chi connectivity index (χ3v) is 4.46. The molecule has 1 amide bonds. The van der Waals surface area contributed by atoms with Gasteiger partial charge in [0.2, 0.25) is 5.91 Å². The lowest BCUT2D eigenvalue weighted by atomic mass is 10.00. The van der Waals surface area contributed by atoms with Crippen molar-refractivity contribution in [3.8, 4) is 0 Å². The molecule has 0 spiro atoms. The van der Waals surface area contributed by atoms with Gasteiger partial charge in [-0.2, -0.15) is 0 Å². The molecule has 2 atom stereocenters. The monoisotopic (exact) mass is 303 g/mol. The Bertz CT molecular complexity index is 461. The van der Waals surface area contributed by atoms with Gasteiger partial charge in [0, 0.05) is 25.7 Å². The van der Waals surface area contributed by atoms with Crippen molar-refractivity contribution >= 4 is 5.91 Å². The number of carbonyl (C=O) groups is 1. The number of carbonyl (C=O) groups excluding carboxylic acids is 1. The molecule has 0 aliphatic carbocycles. The number of rotatable bonds is 6. The lowest BCUT2D eigenvalue weighted by Gasteiger charge is -2.39. The van der Waals surface area contributed by atoms with Crippen molar-refractivity contribution in [1.82, 2.24) is 9.80 Å². The van der Waals surface area contributed by atoms with E-state index in [1.165, 1.54) is 12.0 Å². The minimum Gasteiger partial charge on any atom is -0.337 e. The Balaban J connectivity index is 1.99. The molecule has 1 aliphatic heterocycles. The minimum absolute atomic E-state index is 0.0977. The number of benzene rings is 1. The lowest BCUT2D eigenvalue weighted by Crippen LogP contribution is -2.53. The number of nitrogens with zero attached hydrogens (tertiary/aromatic N) is 2. The van der Waals surface area contributed by atoms with E-state index in [1.807, 2.05) is 11.0 Å². The Labute approximate surface area is 134 Å². The van der Waals surface area contributed by atoms with Crippen molar-refractivity contribution in [3.05, 3.63) is 35.9 Å². The maximum absolute atomic E-state index is 12.3. The Morgan fingerprint density at radius 2 is 2.09 bits per heavy atom. The van der Waals surface area contributed by atoms with Crippen LogP contribution in [0.15, 0.2) is 30.3 Å². The second kappa shape index (κ2) is 8.30. The molecule has 1 heterocycles. The number of hydrogen-bond acceptors (Lipinski definition) is 3. The van der Waals surface area contributed by atoms with E-state index >= 15 is 0 Å². The van der Waals surface area contributed by atoms with Gasteiger partial charge in [0.05, 0.1) is 6.04 Å². The number of amides is 1. The molecule has 1 aromatic carbocycles. The van der Waals surface area contributed by atoms with Crippen LogP contribution in [0.2, 0.25) is 0 Å². The first-order valence-corrected chi connectivity index (χ1v) is 8.44. The smallest absolute Gasteiger partial charge is 0.239 e. The second-order valence-corrected chi connectivity index (χ2v) is 6.28. The summed E-state index contributed by atoms with van der Waals surface area (Å²) in [6, 6.07) is 10.4. The Kier molecular flexibility index (Phi) is 6.40. The van der Waals surface area contributed by atoms with Crippen molar-refractivity contribution in [2.24, 2.45) is 5.73 Å². The summed E-state index contributed by atoms with van der Waals surface area (Å²) in [4.78, 5) is 16.8. The van der Waals surface area contributed by atoms with E-state index < -0.39 is 6.04 Å². The van der Waals surface area contributed by atoms with Gasteiger partial charge in [0.1, 0.15) is 0 Å². The predicted octanol–water partition coefficient (Wildman–Crippen LogP) is 2.24. The largest absolute Gasteiger partial charge is 0.337 e. The maximum atomic E-state index is 12.3. The van der Waals surface area contributed by atoms with Crippen LogP contribution in [0.4, 0.5) is 0 Å². The molecule has 0 aromatic heterocycles. The molecule has 1 aliphatic rings. The number of nitrogens with two attached hydrogens (primary N) is 1. The highest BCUT2D eigenvalue weighted by Crippen LogP contribution is 2.19. The molecule has 2 N–H and O–H groups in total. The van der Waals surface area contributed by atoms with Gasteiger partial charge < -0.3 is 10.6 Å². The van der Waals surface area contributed by atoms with E-state index in [1.54, 1.807) is 6.92 Å². The van der Waals surface area contributed by atoms with E-state index in [-0.39, 0.29) is 5.91 Å². The lowest BCUT2D eigenvalue weighted by molar-refractivity contribution is -0.136. The van der Waals surface area contributed by atoms with Crippen LogP contribution in [0, 0.1) is 0 Å². The van der Waals surface area contributed by atoms with Crippen LogP contribution >= 0.6 is 0 Å². The highest BCUT2D eigenvalue weighted by molar-refractivity contribution is 5.81. The summed E-state index contributed by atoms with van der Waals surface area (Å²) in [7, 11) is 0. The summed E-state index contributed by atoms with van der Waals surface area (Å²) in [5, 5.41) is 0. The van der Waals surface area contributed by atoms with E-state index in [0.29, 0.717) is 6.04 Å². The summed E-state index contributed by atoms with van der Waals surface area (Å²) in [6.07, 6.45) is 3.39. The number of likely N-dealkylation sites (N-methyl/N-ethyl adjacent to an activating group) is 1. The van der Waals surface area contributed by atoms with Gasteiger partial charge in [-0.25, -0.2) is 0 Å². The first-order valence-electron chi connectivity index (χ1n) is 8.44. The van der Waals surface area contributed by atoms with Gasteiger partial charge in [-0.1, -0.05) is 37.3 Å². The first kappa shape index (κ1) is 17.0. The van der Waals surface area contributed by atoms with Crippen LogP contribution in [0.3, 0.4) is 0 Å². The summed E-state index contributed by atoms with van der Waals surface area (Å²) < 4.78 is 0. The van der Waals surface area contributed by atoms with Gasteiger partial charge in [0.25, 0.3) is 0 Å². The molecule has 1 saturated heterocycles. The van der Waals surface area contributed by atoms with Crippen LogP contribution in [-0.2, 0) is 11.3 Å². The average Bonchev–Trinajstić information content (AvgIpc) is 2.55. The summed E-state index contributed by atoms with van der Waals surface area (Å²) >= 11 is 0. The number of piperidine rings is 1. The van der Waals surface area contributed by atoms with Gasteiger partial charge in [-0.05, 0) is 38.3 Å². The van der Waals surface area contributed by atoms with Crippen LogP contribution in [0.1, 0.15) is 38.7 Å². The highest BCUT2D eigenvalue weighted by atomic mass is 16.2. The van der Waals surface area contributed by atoms with E-state index in [4.69, 9.17) is 5.73 Å². The van der Waals surface area contributed by atoms with Crippen molar-refractivity contribution in [2.75, 3.05) is 19.6 Å². The van der Waals surface area contributed by atoms with Gasteiger partial charge in [0.15, 0.2) is 0 Å². The quantitative estimate of drug-likeness (QED) is 0.877. The molecule has 1 unspecified atom stereocenters. The molecule has 22 heavy (non-hydrogen) atoms. The minimum atomic E-state index is -0.398. The second-order valence-electron chi connectivity index (χ2n) is 6.28. The fraction of sp³-hybridized carbons (Fsp3) is 0.611. The molecule has 0 radical (unpaired) electrons. The standard InChI is InChI=1S/C18H29N3O/c1-3-20(13-16-9-5-4-6-10-16)14-17-11-7-8-12-21(17)18(22)15(2)19/h4-6,9-10,15,17H,3,7-8,11-14,19H2,1-2H3/t15?,17-/m0/s1. The zero-order valence-corrected chi connectivity index (χ0v) is 13.9. The van der Waals surface area contributed by atoms with Crippen LogP contribution in [0.5, 0.6) is 0 Å². The van der Waals surface area contributed by atoms with Gasteiger partial charge in [-0.3, -0.25) is 9.69 Å². The molecule has 0 saturated carbocycles. The molecule has 2 rings (SSSR count). The fourth-order valence-corrected chi connectivity index (χ4v) is 3.19. The van der Waals surface area contributed by atoms with Gasteiger partial charge in [-0.15, -0.1) is 0 Å². The molecule has 1 fully saturated rings. The van der Waals surface area contributed by atoms with E-state index in [9.17, 15) is 4.79 Å². The van der Waals surface area contributed by atoms with Gasteiger partial charge >= 0.3 is 0 Å². The predicted molar refractivity (Wildman–Crippen MR) is 90.4 cm³/mol. The van der Waals surface area contributed by atoms with Crippen LogP contribution in [0.25, 0.3) is 0 Å². The molecule has 1 aromatic rings. The zero-order valence-electron chi connectivity index (χ0n) is 13.9. The molecule has 0 bridgehead atoms. The number of likely N-dealkylation sites (tertiary alicyclic amines) is 1. The average molecular weight is 303 g/mol. The number of hydrogen-bond donors (Lipinski definition) is 1. The summed E-state index contributed by atoms with van der Waals surface area (Å²) in [6.45, 7) is 7.69. The normalized spacial score (nSPS) is 20.2. The SMILES string of the molecule is CCN(Cc1ccccc1)C[C@@H]1CCCCN1C(=O)C(C)N. The zero-order chi connectivity index (χ0) is 15.9. The fourth-order valence-electron chi connectivity index (χ4n) is 3.19. The summed E-state index contributed by atoms with van der Waals surface area (Å²) in [5.74, 6) is 0.0977. The van der Waals surface area contributed by atoms with Crippen molar-refractivity contribution in [3.63, 3.8) is 0 Å². The van der Waals surface area contributed by atoms with Crippen molar-refractivity contribution < 1.29 is 4.79 Å². The van der Waals surface area contributed by atoms with E-state index in [2.05, 4.69) is 36.1 Å². The third kappa shape index (κ3) is 4.55. The first-order chi connectivity index (χ1) is 10.6. The van der Waals surface area contributed by atoms with Crippen molar-refractivity contribution in [2.45, 2.75) is 51.7 Å².